The fourth-order valence-corrected chi connectivity index (χ4v) is 6.13. The van der Waals surface area contributed by atoms with Crippen LogP contribution in [0.5, 0.6) is 11.5 Å². The Kier molecular flexibility index (Phi) is 10.4. The third-order valence-corrected chi connectivity index (χ3v) is 9.04. The standard InChI is InChI=1S/C31H38ClN3O6S/c1-21-17-35(22(2)20-36)31(37)16-24-15-26(33-42(38,39)28-12-7-25(32)8-13-28)9-14-29(24)41-30(21)19-34(3)18-23-5-10-27(40-4)11-6-23/h5-15,21-22,30,33,36H,16-20H2,1-4H3/t21-,22-,30-/m1/s1. The van der Waals surface area contributed by atoms with Crippen LogP contribution in [0.3, 0.4) is 0 Å². The van der Waals surface area contributed by atoms with E-state index in [-0.39, 0.29) is 41.9 Å². The van der Waals surface area contributed by atoms with Crippen molar-refractivity contribution in [3.05, 3.63) is 82.9 Å². The maximum atomic E-state index is 13.5. The van der Waals surface area contributed by atoms with E-state index in [9.17, 15) is 18.3 Å². The normalized spacial score (nSPS) is 18.4. The summed E-state index contributed by atoms with van der Waals surface area (Å²) in [7, 11) is -0.231. The number of benzene rings is 3. The van der Waals surface area contributed by atoms with Gasteiger partial charge >= 0.3 is 0 Å². The van der Waals surface area contributed by atoms with Gasteiger partial charge < -0.3 is 19.5 Å². The van der Waals surface area contributed by atoms with E-state index < -0.39 is 10.0 Å². The summed E-state index contributed by atoms with van der Waals surface area (Å²) in [5.74, 6) is 1.09. The van der Waals surface area contributed by atoms with Gasteiger partial charge in [0.15, 0.2) is 0 Å². The van der Waals surface area contributed by atoms with Gasteiger partial charge in [0.2, 0.25) is 5.91 Å². The van der Waals surface area contributed by atoms with Crippen LogP contribution in [0.1, 0.15) is 25.0 Å². The van der Waals surface area contributed by atoms with Crippen LogP contribution in [0.15, 0.2) is 71.6 Å². The van der Waals surface area contributed by atoms with E-state index in [1.807, 2.05) is 45.2 Å². The average Bonchev–Trinajstić information content (AvgIpc) is 3.00. The van der Waals surface area contributed by atoms with Gasteiger partial charge in [0, 0.05) is 41.8 Å². The molecule has 3 aromatic carbocycles. The molecule has 3 atom stereocenters. The van der Waals surface area contributed by atoms with Crippen molar-refractivity contribution in [3.8, 4) is 11.5 Å². The van der Waals surface area contributed by atoms with Crippen LogP contribution in [0.2, 0.25) is 5.02 Å². The number of carbonyl (C=O) groups is 1. The largest absolute Gasteiger partial charge is 0.497 e. The fourth-order valence-electron chi connectivity index (χ4n) is 4.95. The molecular weight excluding hydrogens is 578 g/mol. The predicted octanol–water partition coefficient (Wildman–Crippen LogP) is 4.43. The number of aliphatic hydroxyl groups is 1. The van der Waals surface area contributed by atoms with E-state index in [1.165, 1.54) is 24.3 Å². The smallest absolute Gasteiger partial charge is 0.261 e. The number of halogens is 1. The molecule has 9 nitrogen and oxygen atoms in total. The number of rotatable bonds is 10. The first-order chi connectivity index (χ1) is 20.0. The Bertz CT molecular complexity index is 1470. The number of ether oxygens (including phenoxy) is 2. The number of amides is 1. The highest BCUT2D eigenvalue weighted by Crippen LogP contribution is 2.30. The summed E-state index contributed by atoms with van der Waals surface area (Å²) in [5.41, 5.74) is 1.99. The Balaban J connectivity index is 1.61. The minimum Gasteiger partial charge on any atom is -0.497 e. The highest BCUT2D eigenvalue weighted by Gasteiger charge is 2.31. The quantitative estimate of drug-likeness (QED) is 0.347. The first-order valence-corrected chi connectivity index (χ1v) is 15.6. The van der Waals surface area contributed by atoms with E-state index in [0.29, 0.717) is 41.7 Å². The average molecular weight is 616 g/mol. The lowest BCUT2D eigenvalue weighted by molar-refractivity contribution is -0.134. The van der Waals surface area contributed by atoms with Crippen molar-refractivity contribution in [3.63, 3.8) is 0 Å². The zero-order chi connectivity index (χ0) is 30.4. The van der Waals surface area contributed by atoms with Crippen LogP contribution in [-0.2, 0) is 27.8 Å². The summed E-state index contributed by atoms with van der Waals surface area (Å²) in [6.07, 6.45) is -0.292. The van der Waals surface area contributed by atoms with Gasteiger partial charge in [-0.3, -0.25) is 14.4 Å². The molecule has 0 saturated carbocycles. The molecule has 0 fully saturated rings. The summed E-state index contributed by atoms with van der Waals surface area (Å²) in [4.78, 5) is 17.4. The molecule has 0 radical (unpaired) electrons. The second kappa shape index (κ2) is 13.8. The number of carbonyl (C=O) groups excluding carboxylic acids is 1. The number of methoxy groups -OCH3 is 1. The molecule has 3 aromatic rings. The molecule has 4 rings (SSSR count). The Morgan fingerprint density at radius 2 is 1.83 bits per heavy atom. The molecule has 226 valence electrons. The lowest BCUT2D eigenvalue weighted by atomic mass is 10.0. The number of anilines is 1. The zero-order valence-corrected chi connectivity index (χ0v) is 25.9. The van der Waals surface area contributed by atoms with Crippen molar-refractivity contribution in [2.45, 2.75) is 43.9 Å². The van der Waals surface area contributed by atoms with E-state index in [2.05, 4.69) is 9.62 Å². The van der Waals surface area contributed by atoms with Crippen LogP contribution in [-0.4, -0.2) is 75.2 Å². The molecule has 0 bridgehead atoms. The fraction of sp³-hybridized carbons (Fsp3) is 0.387. The van der Waals surface area contributed by atoms with Crippen molar-refractivity contribution in [2.75, 3.05) is 38.6 Å². The minimum atomic E-state index is -3.88. The van der Waals surface area contributed by atoms with Gasteiger partial charge in [-0.25, -0.2) is 8.42 Å². The molecule has 1 heterocycles. The highest BCUT2D eigenvalue weighted by atomic mass is 35.5. The van der Waals surface area contributed by atoms with Crippen LogP contribution in [0, 0.1) is 5.92 Å². The minimum absolute atomic E-state index is 0.00267. The molecule has 1 aliphatic heterocycles. The van der Waals surface area contributed by atoms with Crippen molar-refractivity contribution in [1.82, 2.24) is 9.80 Å². The second-order valence-corrected chi connectivity index (χ2v) is 12.9. The maximum Gasteiger partial charge on any atom is 0.261 e. The van der Waals surface area contributed by atoms with Crippen molar-refractivity contribution in [2.24, 2.45) is 5.92 Å². The molecular formula is C31H38ClN3O6S. The molecule has 1 amide bonds. The van der Waals surface area contributed by atoms with Gasteiger partial charge in [0.25, 0.3) is 10.0 Å². The van der Waals surface area contributed by atoms with Crippen molar-refractivity contribution >= 4 is 33.2 Å². The maximum absolute atomic E-state index is 13.5. The second-order valence-electron chi connectivity index (χ2n) is 10.8. The van der Waals surface area contributed by atoms with Gasteiger partial charge in [-0.1, -0.05) is 30.7 Å². The number of likely N-dealkylation sites (N-methyl/N-ethyl adjacent to an activating group) is 1. The lowest BCUT2D eigenvalue weighted by Crippen LogP contribution is -2.47. The number of nitrogens with zero attached hydrogens (tertiary/aromatic N) is 2. The SMILES string of the molecule is COc1ccc(CN(C)C[C@H]2Oc3ccc(NS(=O)(=O)c4ccc(Cl)cc4)cc3CC(=O)N([C@H](C)CO)C[C@H]2C)cc1. The number of hydrogen-bond acceptors (Lipinski definition) is 7. The molecule has 0 saturated heterocycles. The molecule has 0 aromatic heterocycles. The monoisotopic (exact) mass is 615 g/mol. The van der Waals surface area contributed by atoms with Gasteiger partial charge in [0.1, 0.15) is 17.6 Å². The summed E-state index contributed by atoms with van der Waals surface area (Å²) >= 11 is 5.92. The van der Waals surface area contributed by atoms with E-state index >= 15 is 0 Å². The topological polar surface area (TPSA) is 108 Å². The molecule has 0 aliphatic carbocycles. The van der Waals surface area contributed by atoms with Gasteiger partial charge in [0.05, 0.1) is 31.1 Å². The van der Waals surface area contributed by atoms with Gasteiger partial charge in [-0.2, -0.15) is 0 Å². The van der Waals surface area contributed by atoms with Crippen molar-refractivity contribution in [1.29, 1.82) is 0 Å². The van der Waals surface area contributed by atoms with E-state index in [0.717, 1.165) is 11.3 Å². The molecule has 2 N–H and O–H groups in total. The molecule has 42 heavy (non-hydrogen) atoms. The van der Waals surface area contributed by atoms with Crippen LogP contribution in [0.25, 0.3) is 0 Å². The first-order valence-electron chi connectivity index (χ1n) is 13.8. The molecule has 1 aliphatic rings. The van der Waals surface area contributed by atoms with E-state index in [4.69, 9.17) is 21.1 Å². The first kappa shape index (κ1) is 31.6. The zero-order valence-electron chi connectivity index (χ0n) is 24.3. The number of hydrogen-bond donors (Lipinski definition) is 2. The van der Waals surface area contributed by atoms with Gasteiger partial charge in [-0.05, 0) is 74.1 Å². The van der Waals surface area contributed by atoms with E-state index in [1.54, 1.807) is 30.2 Å². The summed E-state index contributed by atoms with van der Waals surface area (Å²) in [5, 5.41) is 10.3. The number of sulfonamides is 1. The summed E-state index contributed by atoms with van der Waals surface area (Å²) in [6, 6.07) is 18.4. The lowest BCUT2D eigenvalue weighted by Gasteiger charge is -2.34. The Morgan fingerprint density at radius 3 is 2.48 bits per heavy atom. The highest BCUT2D eigenvalue weighted by molar-refractivity contribution is 7.92. The van der Waals surface area contributed by atoms with Crippen LogP contribution >= 0.6 is 11.6 Å². The van der Waals surface area contributed by atoms with Crippen LogP contribution < -0.4 is 14.2 Å². The van der Waals surface area contributed by atoms with Crippen molar-refractivity contribution < 1.29 is 27.8 Å². The Morgan fingerprint density at radius 1 is 1.14 bits per heavy atom. The molecule has 0 spiro atoms. The third kappa shape index (κ3) is 7.95. The Hall–Kier alpha value is -3.31. The predicted molar refractivity (Wildman–Crippen MR) is 164 cm³/mol. The third-order valence-electron chi connectivity index (χ3n) is 7.40. The number of nitrogens with one attached hydrogen (secondary N) is 1. The molecule has 0 unspecified atom stereocenters. The van der Waals surface area contributed by atoms with Crippen LogP contribution in [0.4, 0.5) is 5.69 Å². The van der Waals surface area contributed by atoms with Gasteiger partial charge in [-0.15, -0.1) is 0 Å². The number of fused-ring (bicyclic) bond motifs is 1. The number of aliphatic hydroxyl groups excluding tert-OH is 1. The summed E-state index contributed by atoms with van der Waals surface area (Å²) < 4.78 is 40.4. The Labute approximate surface area is 253 Å². The summed E-state index contributed by atoms with van der Waals surface area (Å²) in [6.45, 7) is 5.35. The molecule has 11 heteroatoms.